The van der Waals surface area contributed by atoms with Crippen molar-refractivity contribution in [1.82, 2.24) is 20.0 Å². The van der Waals surface area contributed by atoms with Crippen molar-refractivity contribution >= 4 is 17.1 Å². The zero-order valence-electron chi connectivity index (χ0n) is 17.3. The van der Waals surface area contributed by atoms with Gasteiger partial charge in [0.25, 0.3) is 5.89 Å². The Balaban J connectivity index is 1.36. The lowest BCUT2D eigenvalue weighted by molar-refractivity contribution is 0.0183. The lowest BCUT2D eigenvalue weighted by atomic mass is 9.93. The first-order valence-corrected chi connectivity index (χ1v) is 9.93. The number of furan rings is 1. The minimum absolute atomic E-state index is 0.243. The largest absolute Gasteiger partial charge is 0.451 e. The van der Waals surface area contributed by atoms with Gasteiger partial charge in [-0.15, -0.1) is 0 Å². The fourth-order valence-electron chi connectivity index (χ4n) is 3.54. The molecule has 3 aromatic heterocycles. The van der Waals surface area contributed by atoms with Crippen molar-refractivity contribution in [2.75, 3.05) is 13.1 Å². The second-order valence-corrected chi connectivity index (χ2v) is 8.62. The normalized spacial score (nSPS) is 15.8. The van der Waals surface area contributed by atoms with Gasteiger partial charge in [-0.3, -0.25) is 4.98 Å². The van der Waals surface area contributed by atoms with Crippen LogP contribution in [0.4, 0.5) is 4.79 Å². The van der Waals surface area contributed by atoms with Gasteiger partial charge < -0.3 is 18.6 Å². The van der Waals surface area contributed by atoms with Gasteiger partial charge >= 0.3 is 6.09 Å². The van der Waals surface area contributed by atoms with Gasteiger partial charge in [0.15, 0.2) is 11.6 Å². The van der Waals surface area contributed by atoms with Crippen LogP contribution in [0.15, 0.2) is 27.4 Å². The molecule has 0 unspecified atom stereocenters. The highest BCUT2D eigenvalue weighted by molar-refractivity contribution is 5.82. The van der Waals surface area contributed by atoms with Crippen LogP contribution in [0.5, 0.6) is 0 Å². The second-order valence-electron chi connectivity index (χ2n) is 8.62. The van der Waals surface area contributed by atoms with Crippen LogP contribution in [0, 0.1) is 12.8 Å². The third kappa shape index (κ3) is 4.41. The summed E-state index contributed by atoms with van der Waals surface area (Å²) in [6, 6.07) is 1.87. The van der Waals surface area contributed by atoms with E-state index in [2.05, 4.69) is 15.1 Å². The topological polar surface area (TPSA) is 94.5 Å². The van der Waals surface area contributed by atoms with E-state index in [1.54, 1.807) is 17.3 Å². The number of aromatic nitrogens is 3. The number of pyridine rings is 1. The minimum Gasteiger partial charge on any atom is -0.451 e. The zero-order valence-corrected chi connectivity index (χ0v) is 17.3. The monoisotopic (exact) mass is 398 g/mol. The van der Waals surface area contributed by atoms with Gasteiger partial charge in [0.1, 0.15) is 11.2 Å². The first kappa shape index (κ1) is 19.4. The summed E-state index contributed by atoms with van der Waals surface area (Å²) >= 11 is 0. The lowest BCUT2D eigenvalue weighted by Gasteiger charge is -2.33. The molecular formula is C21H26N4O4. The van der Waals surface area contributed by atoms with E-state index in [9.17, 15) is 4.79 Å². The summed E-state index contributed by atoms with van der Waals surface area (Å²) in [6.07, 6.45) is 5.76. The number of likely N-dealkylation sites (tertiary alicyclic amines) is 1. The highest BCUT2D eigenvalue weighted by Crippen LogP contribution is 2.29. The molecule has 29 heavy (non-hydrogen) atoms. The number of nitrogens with zero attached hydrogens (tertiary/aromatic N) is 4. The number of rotatable bonds is 3. The molecule has 4 heterocycles. The van der Waals surface area contributed by atoms with Crippen LogP contribution < -0.4 is 0 Å². The molecule has 8 nitrogen and oxygen atoms in total. The van der Waals surface area contributed by atoms with Crippen LogP contribution in [0.3, 0.4) is 0 Å². The maximum Gasteiger partial charge on any atom is 0.410 e. The van der Waals surface area contributed by atoms with Crippen LogP contribution in [-0.4, -0.2) is 44.8 Å². The van der Waals surface area contributed by atoms with Gasteiger partial charge in [-0.1, -0.05) is 5.16 Å². The van der Waals surface area contributed by atoms with Gasteiger partial charge in [0.05, 0.1) is 0 Å². The van der Waals surface area contributed by atoms with Crippen molar-refractivity contribution < 1.29 is 18.5 Å². The first-order chi connectivity index (χ1) is 13.8. The Hall–Kier alpha value is -2.90. The maximum atomic E-state index is 12.2. The van der Waals surface area contributed by atoms with Gasteiger partial charge in [-0.25, -0.2) is 4.79 Å². The summed E-state index contributed by atoms with van der Waals surface area (Å²) in [5, 5.41) is 5.03. The molecule has 154 valence electrons. The Labute approximate surface area is 169 Å². The standard InChI is InChI=1S/C21H26N4O4/c1-13-11-22-12-15-10-16(27-18(13)15)19-23-17(24-29-19)9-14-5-7-25(8-6-14)20(26)28-21(2,3)4/h10-12,14H,5-9H2,1-4H3. The van der Waals surface area contributed by atoms with Gasteiger partial charge in [-0.05, 0) is 52.5 Å². The minimum atomic E-state index is -0.472. The average Bonchev–Trinajstić information content (AvgIpc) is 3.28. The molecule has 0 aliphatic carbocycles. The number of carbonyl (C=O) groups excluding carboxylic acids is 1. The van der Waals surface area contributed by atoms with Crippen molar-refractivity contribution in [1.29, 1.82) is 0 Å². The van der Waals surface area contributed by atoms with E-state index in [4.69, 9.17) is 13.7 Å². The summed E-state index contributed by atoms with van der Waals surface area (Å²) in [5.74, 6) is 1.99. The Morgan fingerprint density at radius 3 is 2.72 bits per heavy atom. The summed E-state index contributed by atoms with van der Waals surface area (Å²) < 4.78 is 16.7. The molecule has 3 aromatic rings. The van der Waals surface area contributed by atoms with Crippen LogP contribution in [0.25, 0.3) is 22.6 Å². The molecular weight excluding hydrogens is 372 g/mol. The van der Waals surface area contributed by atoms with Crippen molar-refractivity contribution in [2.45, 2.75) is 52.6 Å². The number of ether oxygens (including phenoxy) is 1. The SMILES string of the molecule is Cc1cncc2cc(-c3nc(CC4CCN(C(=O)OC(C)(C)C)CC4)no3)oc12. The Morgan fingerprint density at radius 1 is 1.28 bits per heavy atom. The highest BCUT2D eigenvalue weighted by Gasteiger charge is 2.28. The van der Waals surface area contributed by atoms with E-state index in [-0.39, 0.29) is 6.09 Å². The second kappa shape index (κ2) is 7.50. The van der Waals surface area contributed by atoms with Gasteiger partial charge in [0.2, 0.25) is 0 Å². The van der Waals surface area contributed by atoms with Gasteiger partial charge in [-0.2, -0.15) is 4.98 Å². The summed E-state index contributed by atoms with van der Waals surface area (Å²) in [6.45, 7) is 8.95. The highest BCUT2D eigenvalue weighted by atomic mass is 16.6. The fraction of sp³-hybridized carbons (Fsp3) is 0.524. The smallest absolute Gasteiger partial charge is 0.410 e. The molecule has 0 saturated carbocycles. The predicted molar refractivity (Wildman–Crippen MR) is 106 cm³/mol. The Kier molecular flexibility index (Phi) is 5.02. The number of hydrogen-bond acceptors (Lipinski definition) is 7. The third-order valence-corrected chi connectivity index (χ3v) is 5.02. The molecule has 1 saturated heterocycles. The lowest BCUT2D eigenvalue weighted by Crippen LogP contribution is -2.42. The number of piperidine rings is 1. The van der Waals surface area contributed by atoms with Crippen LogP contribution in [-0.2, 0) is 11.2 Å². The zero-order chi connectivity index (χ0) is 20.6. The van der Waals surface area contributed by atoms with E-state index in [1.165, 1.54) is 0 Å². The Morgan fingerprint density at radius 2 is 2.03 bits per heavy atom. The molecule has 0 atom stereocenters. The van der Waals surface area contributed by atoms with Crippen molar-refractivity contribution in [3.63, 3.8) is 0 Å². The van der Waals surface area contributed by atoms with Crippen molar-refractivity contribution in [3.05, 3.63) is 29.8 Å². The maximum absolute atomic E-state index is 12.2. The van der Waals surface area contributed by atoms with Crippen molar-refractivity contribution in [2.24, 2.45) is 5.92 Å². The van der Waals surface area contributed by atoms with Crippen LogP contribution >= 0.6 is 0 Å². The first-order valence-electron chi connectivity index (χ1n) is 9.93. The molecule has 1 aliphatic heterocycles. The van der Waals surface area contributed by atoms with E-state index in [0.29, 0.717) is 42.9 Å². The molecule has 0 bridgehead atoms. The predicted octanol–water partition coefficient (Wildman–Crippen LogP) is 4.38. The van der Waals surface area contributed by atoms with Crippen LogP contribution in [0.2, 0.25) is 0 Å². The number of hydrogen-bond donors (Lipinski definition) is 0. The van der Waals surface area contributed by atoms with E-state index >= 15 is 0 Å². The third-order valence-electron chi connectivity index (χ3n) is 5.02. The van der Waals surface area contributed by atoms with Crippen LogP contribution in [0.1, 0.15) is 45.0 Å². The molecule has 1 aliphatic rings. The number of aryl methyl sites for hydroxylation is 1. The summed E-state index contributed by atoms with van der Waals surface area (Å²) in [7, 11) is 0. The summed E-state index contributed by atoms with van der Waals surface area (Å²) in [4.78, 5) is 22.6. The molecule has 0 aromatic carbocycles. The summed E-state index contributed by atoms with van der Waals surface area (Å²) in [5.41, 5.74) is 1.27. The quantitative estimate of drug-likeness (QED) is 0.646. The number of carbonyl (C=O) groups is 1. The fourth-order valence-corrected chi connectivity index (χ4v) is 3.54. The molecule has 0 N–H and O–H groups in total. The molecule has 4 rings (SSSR count). The average molecular weight is 398 g/mol. The molecule has 1 fully saturated rings. The molecule has 1 amide bonds. The Bertz CT molecular complexity index is 1010. The van der Waals surface area contributed by atoms with E-state index < -0.39 is 5.60 Å². The number of amides is 1. The number of fused-ring (bicyclic) bond motifs is 1. The van der Waals surface area contributed by atoms with E-state index in [0.717, 1.165) is 29.4 Å². The van der Waals surface area contributed by atoms with Crippen molar-refractivity contribution in [3.8, 4) is 11.7 Å². The van der Waals surface area contributed by atoms with Gasteiger partial charge in [0, 0.05) is 42.9 Å². The molecule has 0 spiro atoms. The molecule has 0 radical (unpaired) electrons. The van der Waals surface area contributed by atoms with E-state index in [1.807, 2.05) is 33.8 Å². The molecule has 8 heteroatoms.